The minimum Gasteiger partial charge on any atom is -0.507 e. The molecule has 0 amide bonds. The second-order valence-corrected chi connectivity index (χ2v) is 9.10. The maximum atomic E-state index is 15.1. The summed E-state index contributed by atoms with van der Waals surface area (Å²) in [5, 5.41) is 22.3. The van der Waals surface area contributed by atoms with E-state index in [1.807, 2.05) is 6.92 Å². The van der Waals surface area contributed by atoms with Gasteiger partial charge in [-0.2, -0.15) is 0 Å². The number of aromatic nitrogens is 4. The summed E-state index contributed by atoms with van der Waals surface area (Å²) in [6.07, 6.45) is 3.16. The van der Waals surface area contributed by atoms with Gasteiger partial charge < -0.3 is 15.2 Å². The third-order valence-electron chi connectivity index (χ3n) is 6.74. The summed E-state index contributed by atoms with van der Waals surface area (Å²) in [5.41, 5.74) is 0.776. The maximum absolute atomic E-state index is 15.1. The largest absolute Gasteiger partial charge is 0.507 e. The van der Waals surface area contributed by atoms with Gasteiger partial charge >= 0.3 is 0 Å². The number of benzene rings is 1. The van der Waals surface area contributed by atoms with Crippen LogP contribution in [0, 0.1) is 0 Å². The third kappa shape index (κ3) is 3.97. The zero-order valence-electron chi connectivity index (χ0n) is 18.5. The van der Waals surface area contributed by atoms with Crippen LogP contribution < -0.4 is 15.6 Å². The molecule has 0 unspecified atom stereocenters. The van der Waals surface area contributed by atoms with Crippen molar-refractivity contribution >= 4 is 0 Å². The Balaban J connectivity index is 1.34. The van der Waals surface area contributed by atoms with Crippen LogP contribution >= 0.6 is 0 Å². The number of nitrogens with one attached hydrogen (secondary N) is 1. The number of aromatic hydroxyl groups is 1. The quantitative estimate of drug-likeness (QED) is 0.629. The molecule has 5 rings (SSSR count). The van der Waals surface area contributed by atoms with Crippen molar-refractivity contribution in [1.82, 2.24) is 25.1 Å². The Hall–Kier alpha value is -3.33. The van der Waals surface area contributed by atoms with Gasteiger partial charge in [-0.1, -0.05) is 6.07 Å². The monoisotopic (exact) mass is 451 g/mol. The van der Waals surface area contributed by atoms with Crippen LogP contribution in [0.15, 0.2) is 47.4 Å². The van der Waals surface area contributed by atoms with E-state index in [1.165, 1.54) is 22.9 Å². The number of nitrogens with zero attached hydrogens (tertiary/aromatic N) is 4. The molecule has 1 aromatic carbocycles. The molecule has 172 valence electrons. The summed E-state index contributed by atoms with van der Waals surface area (Å²) >= 11 is 0. The highest BCUT2D eigenvalue weighted by Crippen LogP contribution is 2.37. The molecule has 2 aliphatic heterocycles. The zero-order chi connectivity index (χ0) is 23.2. The second-order valence-electron chi connectivity index (χ2n) is 9.10. The standard InChI is InChI=1S/C24H26FN5O3/c1-24-10-3-4-15(27-24)13-19(22(24)25)33-20-8-7-17(28-29-20)16-6-5-14(12-18(16)31)23-26-11-9-21(32)30(23)2/h5-9,11-12,15,19,22,27,31H,3-4,10,13H2,1-2H3/t15-,19-,22+,24+/m1/s1. The number of fused-ring (bicyclic) bond motifs is 2. The number of hydrogen-bond acceptors (Lipinski definition) is 7. The van der Waals surface area contributed by atoms with E-state index in [9.17, 15) is 9.90 Å². The van der Waals surface area contributed by atoms with Crippen molar-refractivity contribution in [3.05, 3.63) is 52.9 Å². The summed E-state index contributed by atoms with van der Waals surface area (Å²) < 4.78 is 22.4. The Morgan fingerprint density at radius 2 is 2.09 bits per heavy atom. The lowest BCUT2D eigenvalue weighted by atomic mass is 9.75. The van der Waals surface area contributed by atoms with Crippen LogP contribution in [0.4, 0.5) is 4.39 Å². The highest BCUT2D eigenvalue weighted by molar-refractivity contribution is 5.72. The number of halogens is 1. The van der Waals surface area contributed by atoms with Crippen LogP contribution in [0.1, 0.15) is 32.6 Å². The number of rotatable bonds is 4. The first-order chi connectivity index (χ1) is 15.8. The minimum absolute atomic E-state index is 0.0171. The van der Waals surface area contributed by atoms with E-state index in [4.69, 9.17) is 4.74 Å². The Morgan fingerprint density at radius 1 is 1.24 bits per heavy atom. The minimum atomic E-state index is -1.13. The number of ether oxygens (including phenoxy) is 1. The first-order valence-electron chi connectivity index (χ1n) is 11.1. The van der Waals surface area contributed by atoms with Crippen molar-refractivity contribution in [2.75, 3.05) is 0 Å². The van der Waals surface area contributed by atoms with Crippen molar-refractivity contribution in [3.63, 3.8) is 0 Å². The van der Waals surface area contributed by atoms with Gasteiger partial charge in [0.05, 0.1) is 11.2 Å². The van der Waals surface area contributed by atoms with Gasteiger partial charge in [0.1, 0.15) is 17.7 Å². The van der Waals surface area contributed by atoms with Crippen molar-refractivity contribution in [2.24, 2.45) is 7.05 Å². The fourth-order valence-corrected chi connectivity index (χ4v) is 4.95. The van der Waals surface area contributed by atoms with Crippen LogP contribution in [0.5, 0.6) is 11.6 Å². The smallest absolute Gasteiger partial charge is 0.253 e. The molecule has 4 heterocycles. The van der Waals surface area contributed by atoms with Crippen molar-refractivity contribution in [1.29, 1.82) is 0 Å². The molecule has 2 fully saturated rings. The maximum Gasteiger partial charge on any atom is 0.253 e. The van der Waals surface area contributed by atoms with Crippen molar-refractivity contribution in [2.45, 2.75) is 56.5 Å². The number of hydrogen-bond donors (Lipinski definition) is 2. The second kappa shape index (κ2) is 8.22. The molecule has 2 aromatic heterocycles. The molecular formula is C24H26FN5O3. The van der Waals surface area contributed by atoms with E-state index >= 15 is 4.39 Å². The lowest BCUT2D eigenvalue weighted by Gasteiger charge is -2.49. The van der Waals surface area contributed by atoms with Gasteiger partial charge in [-0.25, -0.2) is 9.37 Å². The van der Waals surface area contributed by atoms with Gasteiger partial charge in [0.15, 0.2) is 6.17 Å². The van der Waals surface area contributed by atoms with E-state index in [1.54, 1.807) is 31.3 Å². The van der Waals surface area contributed by atoms with Crippen LogP contribution in [0.2, 0.25) is 0 Å². The summed E-state index contributed by atoms with van der Waals surface area (Å²) in [7, 11) is 1.62. The third-order valence-corrected chi connectivity index (χ3v) is 6.74. The zero-order valence-corrected chi connectivity index (χ0v) is 18.5. The SMILES string of the molecule is Cn1c(-c2ccc(-c3ccc(O[C@@H]4C[C@H]5CCC[C@](C)(N5)[C@H]4F)nn3)c(O)c2)nccc1=O. The molecule has 0 aliphatic carbocycles. The lowest BCUT2D eigenvalue weighted by Crippen LogP contribution is -2.66. The predicted molar refractivity (Wildman–Crippen MR) is 121 cm³/mol. The number of phenols is 1. The average Bonchev–Trinajstić information content (AvgIpc) is 2.80. The van der Waals surface area contributed by atoms with Gasteiger partial charge in [-0.15, -0.1) is 10.2 Å². The topological polar surface area (TPSA) is 102 Å². The number of piperidine rings is 2. The molecule has 0 radical (unpaired) electrons. The fraction of sp³-hybridized carbons (Fsp3) is 0.417. The summed E-state index contributed by atoms with van der Waals surface area (Å²) in [4.78, 5) is 16.1. The first-order valence-corrected chi connectivity index (χ1v) is 11.1. The fourth-order valence-electron chi connectivity index (χ4n) is 4.95. The molecular weight excluding hydrogens is 425 g/mol. The van der Waals surface area contributed by atoms with Crippen molar-refractivity contribution in [3.8, 4) is 34.3 Å². The van der Waals surface area contributed by atoms with Gasteiger partial charge in [-0.05, 0) is 44.4 Å². The van der Waals surface area contributed by atoms with Crippen LogP contribution in [-0.4, -0.2) is 48.7 Å². The van der Waals surface area contributed by atoms with Gasteiger partial charge in [0.25, 0.3) is 5.56 Å². The Kier molecular flexibility index (Phi) is 5.36. The van der Waals surface area contributed by atoms with Crippen molar-refractivity contribution < 1.29 is 14.2 Å². The van der Waals surface area contributed by atoms with Crippen LogP contribution in [-0.2, 0) is 7.05 Å². The Labute approximate surface area is 190 Å². The van der Waals surface area contributed by atoms with Crippen LogP contribution in [0.25, 0.3) is 22.6 Å². The summed E-state index contributed by atoms with van der Waals surface area (Å²) in [6, 6.07) is 9.94. The first kappa shape index (κ1) is 21.5. The summed E-state index contributed by atoms with van der Waals surface area (Å²) in [5.74, 6) is 0.687. The molecule has 2 bridgehead atoms. The average molecular weight is 452 g/mol. The molecule has 8 nitrogen and oxygen atoms in total. The highest BCUT2D eigenvalue weighted by Gasteiger charge is 2.49. The molecule has 33 heavy (non-hydrogen) atoms. The van der Waals surface area contributed by atoms with Gasteiger partial charge in [0, 0.05) is 49.0 Å². The number of alkyl halides is 1. The molecule has 9 heteroatoms. The van der Waals surface area contributed by atoms with Gasteiger partial charge in [0.2, 0.25) is 5.88 Å². The molecule has 4 atom stereocenters. The van der Waals surface area contributed by atoms with Crippen LogP contribution in [0.3, 0.4) is 0 Å². The molecule has 0 saturated carbocycles. The Morgan fingerprint density at radius 3 is 2.85 bits per heavy atom. The van der Waals surface area contributed by atoms with E-state index in [2.05, 4.69) is 20.5 Å². The van der Waals surface area contributed by atoms with E-state index in [-0.39, 0.29) is 23.2 Å². The molecule has 2 N–H and O–H groups in total. The van der Waals surface area contributed by atoms with E-state index in [0.29, 0.717) is 29.1 Å². The number of phenolic OH excluding ortho intramolecular Hbond substituents is 1. The molecule has 0 spiro atoms. The predicted octanol–water partition coefficient (Wildman–Crippen LogP) is 3.00. The molecule has 2 saturated heterocycles. The van der Waals surface area contributed by atoms with Gasteiger partial charge in [-0.3, -0.25) is 9.36 Å². The molecule has 3 aromatic rings. The van der Waals surface area contributed by atoms with E-state index < -0.39 is 17.8 Å². The normalized spacial score (nSPS) is 26.7. The highest BCUT2D eigenvalue weighted by atomic mass is 19.1. The van der Waals surface area contributed by atoms with E-state index in [0.717, 1.165) is 19.3 Å². The lowest BCUT2D eigenvalue weighted by molar-refractivity contribution is -0.0349. The molecule has 2 aliphatic rings. The Bertz CT molecular complexity index is 1230. The summed E-state index contributed by atoms with van der Waals surface area (Å²) in [6.45, 7) is 1.92.